The van der Waals surface area contributed by atoms with Crippen molar-refractivity contribution in [3.8, 4) is 17.6 Å². The first-order valence-electron chi connectivity index (χ1n) is 13.6. The summed E-state index contributed by atoms with van der Waals surface area (Å²) in [5.41, 5.74) is 1.13. The summed E-state index contributed by atoms with van der Waals surface area (Å²) in [6, 6.07) is 17.2. The highest BCUT2D eigenvalue weighted by Gasteiger charge is 2.55. The summed E-state index contributed by atoms with van der Waals surface area (Å²) in [4.78, 5) is 12.6. The van der Waals surface area contributed by atoms with Crippen LogP contribution in [-0.4, -0.2) is 12.6 Å². The first kappa shape index (κ1) is 26.8. The Morgan fingerprint density at radius 1 is 0.857 bits per heavy atom. The van der Waals surface area contributed by atoms with E-state index in [1.54, 1.807) is 24.3 Å². The molecule has 0 spiro atoms. The molecule has 0 saturated heterocycles. The van der Waals surface area contributed by atoms with E-state index in [2.05, 4.69) is 19.9 Å². The van der Waals surface area contributed by atoms with E-state index < -0.39 is 5.97 Å². The minimum atomic E-state index is -0.393. The minimum absolute atomic E-state index is 0.375. The van der Waals surface area contributed by atoms with Gasteiger partial charge < -0.3 is 9.47 Å². The second-order valence-electron chi connectivity index (χ2n) is 9.89. The average molecular weight is 476 g/mol. The lowest BCUT2D eigenvalue weighted by Crippen LogP contribution is -2.11. The summed E-state index contributed by atoms with van der Waals surface area (Å²) in [7, 11) is 0. The fraction of sp³-hybridized carbons (Fsp3) is 0.548. The van der Waals surface area contributed by atoms with Crippen LogP contribution in [0.3, 0.4) is 0 Å². The molecule has 4 heteroatoms. The van der Waals surface area contributed by atoms with Crippen molar-refractivity contribution < 1.29 is 14.3 Å². The van der Waals surface area contributed by atoms with Gasteiger partial charge in [-0.05, 0) is 67.1 Å². The molecule has 4 nitrogen and oxygen atoms in total. The summed E-state index contributed by atoms with van der Waals surface area (Å²) in [6.07, 6.45) is 14.4. The molecule has 1 saturated carbocycles. The van der Waals surface area contributed by atoms with Gasteiger partial charge in [0.25, 0.3) is 0 Å². The van der Waals surface area contributed by atoms with Crippen molar-refractivity contribution in [3.63, 3.8) is 0 Å². The zero-order valence-corrected chi connectivity index (χ0v) is 21.6. The summed E-state index contributed by atoms with van der Waals surface area (Å²) in [5, 5.41) is 9.84. The molecule has 2 atom stereocenters. The fourth-order valence-corrected chi connectivity index (χ4v) is 4.80. The lowest BCUT2D eigenvalue weighted by Gasteiger charge is -2.11. The van der Waals surface area contributed by atoms with Gasteiger partial charge in [-0.15, -0.1) is 0 Å². The SMILES string of the molecule is CCCCCCCCOc1ccc(OC(=O)c2ccc([C@]3(C#N)C[C@@H]3CCCCCC)cc2)cc1. The van der Waals surface area contributed by atoms with Crippen LogP contribution in [0.5, 0.6) is 11.5 Å². The standard InChI is InChI=1S/C31H41NO3/c1-3-5-7-9-10-12-22-34-28-18-20-29(21-19-28)35-30(33)25-14-16-26(17-15-25)31(24-32)23-27(31)13-11-8-6-4-2/h14-21,27H,3-13,22-23H2,1-2H3/t27-,31+/m0/s1. The highest BCUT2D eigenvalue weighted by Crippen LogP contribution is 2.56. The molecule has 1 fully saturated rings. The van der Waals surface area contributed by atoms with Gasteiger partial charge in [-0.3, -0.25) is 0 Å². The second kappa shape index (κ2) is 13.9. The van der Waals surface area contributed by atoms with Crippen molar-refractivity contribution in [2.45, 2.75) is 96.3 Å². The lowest BCUT2D eigenvalue weighted by molar-refractivity contribution is 0.0734. The summed E-state index contributed by atoms with van der Waals surface area (Å²) < 4.78 is 11.3. The summed E-state index contributed by atoms with van der Waals surface area (Å²) in [6.45, 7) is 5.15. The molecule has 0 N–H and O–H groups in total. The predicted octanol–water partition coefficient (Wildman–Crippen LogP) is 8.40. The van der Waals surface area contributed by atoms with Gasteiger partial charge in [0.05, 0.1) is 23.7 Å². The van der Waals surface area contributed by atoms with Crippen molar-refractivity contribution in [2.75, 3.05) is 6.61 Å². The monoisotopic (exact) mass is 475 g/mol. The Bertz CT molecular complexity index is 945. The fourth-order valence-electron chi connectivity index (χ4n) is 4.80. The van der Waals surface area contributed by atoms with E-state index in [0.29, 0.717) is 23.8 Å². The molecule has 0 heterocycles. The number of hydrogen-bond acceptors (Lipinski definition) is 4. The van der Waals surface area contributed by atoms with Crippen LogP contribution in [-0.2, 0) is 5.41 Å². The van der Waals surface area contributed by atoms with Crippen LogP contribution in [0, 0.1) is 17.2 Å². The number of ether oxygens (including phenoxy) is 2. The number of carbonyl (C=O) groups excluding carboxylic acids is 1. The minimum Gasteiger partial charge on any atom is -0.494 e. The van der Waals surface area contributed by atoms with Gasteiger partial charge in [0.2, 0.25) is 0 Å². The Morgan fingerprint density at radius 3 is 2.11 bits per heavy atom. The largest absolute Gasteiger partial charge is 0.494 e. The number of benzene rings is 2. The Hall–Kier alpha value is -2.80. The molecule has 0 bridgehead atoms. The van der Waals surface area contributed by atoms with Gasteiger partial charge in [-0.25, -0.2) is 4.79 Å². The van der Waals surface area contributed by atoms with Crippen molar-refractivity contribution in [2.24, 2.45) is 5.92 Å². The molecule has 3 rings (SSSR count). The Kier molecular flexibility index (Phi) is 10.7. The molecular formula is C31H41NO3. The number of hydrogen-bond donors (Lipinski definition) is 0. The van der Waals surface area contributed by atoms with Crippen LogP contribution < -0.4 is 9.47 Å². The third-order valence-electron chi connectivity index (χ3n) is 7.15. The predicted molar refractivity (Wildman–Crippen MR) is 141 cm³/mol. The molecule has 0 radical (unpaired) electrons. The van der Waals surface area contributed by atoms with Crippen molar-refractivity contribution in [3.05, 3.63) is 59.7 Å². The van der Waals surface area contributed by atoms with Crippen LogP contribution in [0.25, 0.3) is 0 Å². The van der Waals surface area contributed by atoms with Gasteiger partial charge in [0.1, 0.15) is 11.5 Å². The maximum absolute atomic E-state index is 12.6. The van der Waals surface area contributed by atoms with Crippen LogP contribution in [0.2, 0.25) is 0 Å². The third kappa shape index (κ3) is 7.85. The number of esters is 1. The summed E-state index contributed by atoms with van der Waals surface area (Å²) in [5.74, 6) is 1.33. The number of carbonyl (C=O) groups is 1. The van der Waals surface area contributed by atoms with Crippen LogP contribution in [0.15, 0.2) is 48.5 Å². The van der Waals surface area contributed by atoms with Crippen molar-refractivity contribution in [1.29, 1.82) is 5.26 Å². The zero-order chi connectivity index (χ0) is 24.9. The number of nitrogens with zero attached hydrogens (tertiary/aromatic N) is 1. The highest BCUT2D eigenvalue weighted by molar-refractivity contribution is 5.91. The zero-order valence-electron chi connectivity index (χ0n) is 21.6. The van der Waals surface area contributed by atoms with Crippen LogP contribution in [0.1, 0.15) is 107 Å². The Balaban J connectivity index is 1.44. The molecule has 35 heavy (non-hydrogen) atoms. The quantitative estimate of drug-likeness (QED) is 0.139. The number of unbranched alkanes of at least 4 members (excludes halogenated alkanes) is 8. The van der Waals surface area contributed by atoms with Gasteiger partial charge in [0.15, 0.2) is 0 Å². The molecule has 2 aromatic carbocycles. The van der Waals surface area contributed by atoms with Crippen molar-refractivity contribution in [1.82, 2.24) is 0 Å². The first-order valence-corrected chi connectivity index (χ1v) is 13.6. The molecule has 1 aliphatic carbocycles. The lowest BCUT2D eigenvalue weighted by atomic mass is 9.92. The van der Waals surface area contributed by atoms with E-state index in [4.69, 9.17) is 9.47 Å². The van der Waals surface area contributed by atoms with Gasteiger partial charge in [0, 0.05) is 0 Å². The van der Waals surface area contributed by atoms with Gasteiger partial charge >= 0.3 is 5.97 Å². The number of rotatable bonds is 16. The molecular weight excluding hydrogens is 434 g/mol. The van der Waals surface area contributed by atoms with E-state index in [9.17, 15) is 10.1 Å². The number of nitriles is 1. The van der Waals surface area contributed by atoms with Crippen molar-refractivity contribution >= 4 is 5.97 Å². The van der Waals surface area contributed by atoms with E-state index in [1.807, 2.05) is 24.3 Å². The van der Waals surface area contributed by atoms with Crippen LogP contribution in [0.4, 0.5) is 0 Å². The molecule has 0 unspecified atom stereocenters. The average Bonchev–Trinajstić information content (AvgIpc) is 3.61. The maximum atomic E-state index is 12.6. The molecule has 2 aromatic rings. The Morgan fingerprint density at radius 2 is 1.46 bits per heavy atom. The molecule has 0 aromatic heterocycles. The first-order chi connectivity index (χ1) is 17.1. The third-order valence-corrected chi connectivity index (χ3v) is 7.15. The Labute approximate surface area is 211 Å². The van der Waals surface area contributed by atoms with E-state index >= 15 is 0 Å². The van der Waals surface area contributed by atoms with E-state index in [-0.39, 0.29) is 5.41 Å². The van der Waals surface area contributed by atoms with E-state index in [0.717, 1.165) is 30.6 Å². The molecule has 188 valence electrons. The second-order valence-corrected chi connectivity index (χ2v) is 9.89. The van der Waals surface area contributed by atoms with E-state index in [1.165, 1.54) is 57.8 Å². The van der Waals surface area contributed by atoms with Gasteiger partial charge in [-0.2, -0.15) is 5.26 Å². The molecule has 0 aliphatic heterocycles. The maximum Gasteiger partial charge on any atom is 0.343 e. The van der Waals surface area contributed by atoms with Crippen LogP contribution >= 0.6 is 0 Å². The smallest absolute Gasteiger partial charge is 0.343 e. The summed E-state index contributed by atoms with van der Waals surface area (Å²) >= 11 is 0. The molecule has 0 amide bonds. The normalized spacial score (nSPS) is 18.6. The van der Waals surface area contributed by atoms with Gasteiger partial charge in [-0.1, -0.05) is 83.8 Å². The topological polar surface area (TPSA) is 59.3 Å². The molecule has 1 aliphatic rings. The highest BCUT2D eigenvalue weighted by atomic mass is 16.5.